The molecule has 0 aliphatic heterocycles. The minimum absolute atomic E-state index is 0.926. The van der Waals surface area contributed by atoms with E-state index in [4.69, 9.17) is 4.42 Å². The number of furan rings is 1. The van der Waals surface area contributed by atoms with E-state index in [0.29, 0.717) is 0 Å². The second-order valence-corrected chi connectivity index (χ2v) is 12.1. The molecule has 0 radical (unpaired) electrons. The summed E-state index contributed by atoms with van der Waals surface area (Å²) in [6, 6.07) is 46.5. The summed E-state index contributed by atoms with van der Waals surface area (Å²) in [7, 11) is 0. The molecule has 0 spiro atoms. The van der Waals surface area contributed by atoms with Crippen molar-refractivity contribution < 1.29 is 4.42 Å². The van der Waals surface area contributed by atoms with Gasteiger partial charge in [0.05, 0.1) is 22.1 Å². The lowest BCUT2D eigenvalue weighted by Gasteiger charge is -2.16. The lowest BCUT2D eigenvalue weighted by atomic mass is 9.88. The molecule has 0 amide bonds. The molecule has 2 aromatic heterocycles. The van der Waals surface area contributed by atoms with E-state index in [9.17, 15) is 0 Å². The zero-order chi connectivity index (χ0) is 29.1. The SMILES string of the molecule is Cc1ccccc1-c1c(C)ccc2c1-c1cccc3c(-n4c5ccccc5c5c6oc7ccccc7c6ccc54)ccc-2c13. The first kappa shape index (κ1) is 23.9. The van der Waals surface area contributed by atoms with E-state index in [1.54, 1.807) is 0 Å². The highest BCUT2D eigenvalue weighted by atomic mass is 16.3. The van der Waals surface area contributed by atoms with E-state index in [1.165, 1.54) is 77.3 Å². The van der Waals surface area contributed by atoms with E-state index in [0.717, 1.165) is 27.5 Å². The Morgan fingerprint density at radius 1 is 0.432 bits per heavy atom. The average Bonchev–Trinajstić information content (AvgIpc) is 3.71. The van der Waals surface area contributed by atoms with Crippen molar-refractivity contribution in [1.82, 2.24) is 4.57 Å². The second kappa shape index (κ2) is 8.49. The van der Waals surface area contributed by atoms with Gasteiger partial charge in [-0.15, -0.1) is 0 Å². The number of para-hydroxylation sites is 2. The third kappa shape index (κ3) is 2.95. The van der Waals surface area contributed by atoms with Crippen LogP contribution in [-0.2, 0) is 0 Å². The van der Waals surface area contributed by atoms with Gasteiger partial charge in [0.1, 0.15) is 11.2 Å². The molecule has 0 unspecified atom stereocenters. The number of fused-ring (bicyclic) bond motifs is 10. The van der Waals surface area contributed by atoms with Crippen molar-refractivity contribution in [1.29, 1.82) is 0 Å². The maximum atomic E-state index is 6.56. The van der Waals surface area contributed by atoms with Crippen LogP contribution in [0.25, 0.3) is 93.6 Å². The Morgan fingerprint density at radius 3 is 2.09 bits per heavy atom. The molecular weight excluding hydrogens is 534 g/mol. The van der Waals surface area contributed by atoms with Crippen LogP contribution in [0.2, 0.25) is 0 Å². The van der Waals surface area contributed by atoms with Crippen LogP contribution in [0.3, 0.4) is 0 Å². The highest BCUT2D eigenvalue weighted by Crippen LogP contribution is 2.53. The first-order valence-corrected chi connectivity index (χ1v) is 15.3. The largest absolute Gasteiger partial charge is 0.455 e. The van der Waals surface area contributed by atoms with Gasteiger partial charge in [-0.2, -0.15) is 0 Å². The monoisotopic (exact) mass is 561 g/mol. The molecule has 0 N–H and O–H groups in total. The molecule has 206 valence electrons. The van der Waals surface area contributed by atoms with Gasteiger partial charge in [-0.25, -0.2) is 0 Å². The number of aryl methyl sites for hydroxylation is 2. The van der Waals surface area contributed by atoms with E-state index in [1.807, 2.05) is 6.07 Å². The van der Waals surface area contributed by atoms with E-state index < -0.39 is 0 Å². The van der Waals surface area contributed by atoms with E-state index in [2.05, 4.69) is 140 Å². The van der Waals surface area contributed by atoms with Crippen LogP contribution in [0.1, 0.15) is 11.1 Å². The van der Waals surface area contributed by atoms with Crippen LogP contribution < -0.4 is 0 Å². The van der Waals surface area contributed by atoms with Crippen molar-refractivity contribution in [2.75, 3.05) is 0 Å². The smallest absolute Gasteiger partial charge is 0.145 e. The lowest BCUT2D eigenvalue weighted by Crippen LogP contribution is -1.95. The Balaban J connectivity index is 1.31. The lowest BCUT2D eigenvalue weighted by molar-refractivity contribution is 0.673. The Morgan fingerprint density at radius 2 is 1.18 bits per heavy atom. The number of hydrogen-bond donors (Lipinski definition) is 0. The Kier molecular flexibility index (Phi) is 4.61. The third-order valence-corrected chi connectivity index (χ3v) is 9.83. The number of hydrogen-bond acceptors (Lipinski definition) is 1. The van der Waals surface area contributed by atoms with Crippen LogP contribution in [0.15, 0.2) is 132 Å². The molecule has 2 heteroatoms. The minimum Gasteiger partial charge on any atom is -0.455 e. The molecule has 7 aromatic carbocycles. The molecule has 2 nitrogen and oxygen atoms in total. The summed E-state index contributed by atoms with van der Waals surface area (Å²) in [5.74, 6) is 0. The maximum Gasteiger partial charge on any atom is 0.145 e. The summed E-state index contributed by atoms with van der Waals surface area (Å²) in [6.45, 7) is 4.46. The molecular formula is C42H27NO. The van der Waals surface area contributed by atoms with Gasteiger partial charge in [0.15, 0.2) is 0 Å². The van der Waals surface area contributed by atoms with Gasteiger partial charge in [0, 0.05) is 21.5 Å². The van der Waals surface area contributed by atoms with Crippen molar-refractivity contribution >= 4 is 54.5 Å². The van der Waals surface area contributed by atoms with Crippen LogP contribution in [-0.4, -0.2) is 4.57 Å². The number of nitrogens with zero attached hydrogens (tertiary/aromatic N) is 1. The Labute approximate surface area is 254 Å². The van der Waals surface area contributed by atoms with Gasteiger partial charge in [-0.05, 0) is 94.1 Å². The van der Waals surface area contributed by atoms with Crippen molar-refractivity contribution in [3.63, 3.8) is 0 Å². The zero-order valence-corrected chi connectivity index (χ0v) is 24.5. The average molecular weight is 562 g/mol. The fourth-order valence-corrected chi connectivity index (χ4v) is 7.93. The maximum absolute atomic E-state index is 6.56. The summed E-state index contributed by atoms with van der Waals surface area (Å²) in [6.07, 6.45) is 0. The molecule has 0 saturated heterocycles. The fraction of sp³-hybridized carbons (Fsp3) is 0.0476. The van der Waals surface area contributed by atoms with Crippen molar-refractivity contribution in [3.05, 3.63) is 139 Å². The van der Waals surface area contributed by atoms with Crippen LogP contribution >= 0.6 is 0 Å². The number of rotatable bonds is 2. The predicted molar refractivity (Wildman–Crippen MR) is 185 cm³/mol. The van der Waals surface area contributed by atoms with Crippen LogP contribution in [0.5, 0.6) is 0 Å². The molecule has 0 fully saturated rings. The highest BCUT2D eigenvalue weighted by Gasteiger charge is 2.28. The first-order chi connectivity index (χ1) is 21.7. The molecule has 1 aliphatic carbocycles. The molecule has 2 heterocycles. The van der Waals surface area contributed by atoms with Gasteiger partial charge in [0.25, 0.3) is 0 Å². The predicted octanol–water partition coefficient (Wildman–Crippen LogP) is 11.8. The van der Waals surface area contributed by atoms with Gasteiger partial charge in [0.2, 0.25) is 0 Å². The quantitative estimate of drug-likeness (QED) is 0.205. The van der Waals surface area contributed by atoms with E-state index in [-0.39, 0.29) is 0 Å². The molecule has 0 bridgehead atoms. The van der Waals surface area contributed by atoms with Gasteiger partial charge >= 0.3 is 0 Å². The molecule has 0 saturated carbocycles. The van der Waals surface area contributed by atoms with Gasteiger partial charge in [-0.3, -0.25) is 0 Å². The van der Waals surface area contributed by atoms with Gasteiger partial charge < -0.3 is 8.98 Å². The zero-order valence-electron chi connectivity index (χ0n) is 24.5. The molecule has 0 atom stereocenters. The van der Waals surface area contributed by atoms with Crippen molar-refractivity contribution in [2.45, 2.75) is 13.8 Å². The third-order valence-electron chi connectivity index (χ3n) is 9.83. The van der Waals surface area contributed by atoms with E-state index >= 15 is 0 Å². The number of benzene rings is 7. The second-order valence-electron chi connectivity index (χ2n) is 12.1. The van der Waals surface area contributed by atoms with Gasteiger partial charge in [-0.1, -0.05) is 97.1 Å². The first-order valence-electron chi connectivity index (χ1n) is 15.3. The van der Waals surface area contributed by atoms with Crippen molar-refractivity contribution in [2.24, 2.45) is 0 Å². The highest BCUT2D eigenvalue weighted by molar-refractivity contribution is 6.25. The Hall–Kier alpha value is -5.60. The normalized spacial score (nSPS) is 12.3. The van der Waals surface area contributed by atoms with Crippen LogP contribution in [0, 0.1) is 13.8 Å². The summed E-state index contributed by atoms with van der Waals surface area (Å²) >= 11 is 0. The Bertz CT molecular complexity index is 2680. The molecule has 1 aliphatic rings. The number of aromatic nitrogens is 1. The summed E-state index contributed by atoms with van der Waals surface area (Å²) < 4.78 is 9.00. The standard InChI is InChI=1S/C42H27NO/c1-24-10-3-4-11-26(24)38-25(2)18-19-29-28-20-22-35(31-14-9-15-33(39(28)31)40(29)38)43-34-16-7-5-13-32(34)41-36(43)23-21-30-27-12-6-8-17-37(27)44-42(30)41/h3-23H,1-2H3. The fourth-order valence-electron chi connectivity index (χ4n) is 7.93. The molecule has 9 aromatic rings. The minimum atomic E-state index is 0.926. The summed E-state index contributed by atoms with van der Waals surface area (Å²) in [4.78, 5) is 0. The molecule has 10 rings (SSSR count). The molecule has 44 heavy (non-hydrogen) atoms. The summed E-state index contributed by atoms with van der Waals surface area (Å²) in [5.41, 5.74) is 16.0. The van der Waals surface area contributed by atoms with Crippen LogP contribution in [0.4, 0.5) is 0 Å². The summed E-state index contributed by atoms with van der Waals surface area (Å²) in [5, 5.41) is 7.28. The topological polar surface area (TPSA) is 18.1 Å². The van der Waals surface area contributed by atoms with Crippen molar-refractivity contribution in [3.8, 4) is 39.1 Å².